The van der Waals surface area contributed by atoms with Gasteiger partial charge in [-0.15, -0.1) is 0 Å². The topological polar surface area (TPSA) is 189 Å². The van der Waals surface area contributed by atoms with Crippen LogP contribution in [0.4, 0.5) is 9.59 Å². The van der Waals surface area contributed by atoms with Crippen LogP contribution in [0.3, 0.4) is 0 Å². The summed E-state index contributed by atoms with van der Waals surface area (Å²) in [5, 5.41) is 2.85. The van der Waals surface area contributed by atoms with Crippen molar-refractivity contribution in [3.63, 3.8) is 0 Å². The molecule has 1 saturated carbocycles. The van der Waals surface area contributed by atoms with E-state index in [4.69, 9.17) is 20.2 Å². The van der Waals surface area contributed by atoms with Crippen LogP contribution in [-0.2, 0) is 19.1 Å². The zero-order chi connectivity index (χ0) is 39.5. The number of primary amides is 1. The quantitative estimate of drug-likeness (QED) is 0.119. The largest absolute Gasteiger partial charge is 0.453 e. The zero-order valence-corrected chi connectivity index (χ0v) is 31.7. The van der Waals surface area contributed by atoms with Gasteiger partial charge in [0.25, 0.3) is 5.91 Å². The smallest absolute Gasteiger partial charge is 0.407 e. The molecule has 0 bridgehead atoms. The molecule has 2 aromatic heterocycles. The number of hydrogen-bond donors (Lipinski definition) is 4. The molecule has 2 saturated heterocycles. The van der Waals surface area contributed by atoms with Gasteiger partial charge in [-0.2, -0.15) is 0 Å². The highest BCUT2D eigenvalue weighted by molar-refractivity contribution is 5.85. The number of aromatic amines is 2. The molecule has 5 N–H and O–H groups in total. The van der Waals surface area contributed by atoms with Gasteiger partial charge < -0.3 is 40.3 Å². The third-order valence-corrected chi connectivity index (χ3v) is 11.5. The van der Waals surface area contributed by atoms with Gasteiger partial charge >= 0.3 is 12.2 Å². The summed E-state index contributed by atoms with van der Waals surface area (Å²) in [4.78, 5) is 70.9. The molecule has 14 nitrogen and oxygen atoms in total. The summed E-state index contributed by atoms with van der Waals surface area (Å²) in [6, 6.07) is 24.7. The number of imidazole rings is 2. The number of benzene rings is 3. The lowest BCUT2D eigenvalue weighted by atomic mass is 10.0. The molecule has 4 heterocycles. The fourth-order valence-corrected chi connectivity index (χ4v) is 8.63. The number of likely N-dealkylation sites (tertiary alicyclic amines) is 2. The first-order chi connectivity index (χ1) is 27.8. The number of aromatic nitrogens is 4. The summed E-state index contributed by atoms with van der Waals surface area (Å²) in [6.45, 7) is 1.18. The van der Waals surface area contributed by atoms with Crippen LogP contribution in [0.5, 0.6) is 0 Å². The van der Waals surface area contributed by atoms with E-state index in [0.717, 1.165) is 84.4 Å². The van der Waals surface area contributed by atoms with E-state index < -0.39 is 18.3 Å². The molecule has 5 aromatic rings. The Morgan fingerprint density at radius 3 is 1.82 bits per heavy atom. The lowest BCUT2D eigenvalue weighted by molar-refractivity contribution is -0.141. The van der Waals surface area contributed by atoms with Gasteiger partial charge in [0.1, 0.15) is 11.6 Å². The van der Waals surface area contributed by atoms with Crippen LogP contribution in [0.1, 0.15) is 80.3 Å². The maximum atomic E-state index is 13.7. The van der Waals surface area contributed by atoms with Gasteiger partial charge in [-0.05, 0) is 60.8 Å². The average Bonchev–Trinajstić information content (AvgIpc) is 4.09. The Labute approximate surface area is 330 Å². The molecule has 3 aromatic carbocycles. The number of carbonyl (C=O) groups excluding carboxylic acids is 4. The number of nitrogens with two attached hydrogens (primary N) is 1. The van der Waals surface area contributed by atoms with E-state index in [1.165, 1.54) is 7.11 Å². The average molecular weight is 771 g/mol. The number of ether oxygens (including phenoxy) is 2. The molecule has 3 aliphatic rings. The lowest BCUT2D eigenvalue weighted by Crippen LogP contribution is -2.45. The second kappa shape index (κ2) is 16.3. The van der Waals surface area contributed by atoms with E-state index >= 15 is 0 Å². The van der Waals surface area contributed by atoms with Crippen molar-refractivity contribution in [2.24, 2.45) is 11.7 Å². The number of alkyl carbamates (subject to hydrolysis) is 1. The van der Waals surface area contributed by atoms with Crippen LogP contribution in [0.2, 0.25) is 0 Å². The van der Waals surface area contributed by atoms with Crippen LogP contribution in [0.15, 0.2) is 91.3 Å². The highest BCUT2D eigenvalue weighted by Crippen LogP contribution is 2.38. The molecule has 4 amide bonds. The van der Waals surface area contributed by atoms with Gasteiger partial charge in [0.15, 0.2) is 0 Å². The lowest BCUT2D eigenvalue weighted by Gasteiger charge is -2.29. The highest BCUT2D eigenvalue weighted by atomic mass is 16.6. The zero-order valence-electron chi connectivity index (χ0n) is 31.7. The summed E-state index contributed by atoms with van der Waals surface area (Å²) < 4.78 is 10.1. The Balaban J connectivity index is 0.914. The van der Waals surface area contributed by atoms with E-state index in [9.17, 15) is 19.2 Å². The minimum Gasteiger partial charge on any atom is -0.453 e. The predicted molar refractivity (Wildman–Crippen MR) is 211 cm³/mol. The molecule has 8 rings (SSSR count). The van der Waals surface area contributed by atoms with Crippen LogP contribution >= 0.6 is 0 Å². The number of H-pyrrole nitrogens is 2. The maximum Gasteiger partial charge on any atom is 0.407 e. The second-order valence-corrected chi connectivity index (χ2v) is 14.9. The molecule has 14 heteroatoms. The van der Waals surface area contributed by atoms with Crippen LogP contribution in [0, 0.1) is 5.92 Å². The van der Waals surface area contributed by atoms with Crippen molar-refractivity contribution in [2.75, 3.05) is 20.2 Å². The Bertz CT molecular complexity index is 2220. The molecule has 0 unspecified atom stereocenters. The number of nitrogens with zero attached hydrogens (tertiary/aromatic N) is 4. The molecule has 57 heavy (non-hydrogen) atoms. The Hall–Kier alpha value is -6.44. The first-order valence-corrected chi connectivity index (χ1v) is 19.5. The number of carbonyl (C=O) groups is 4. The fourth-order valence-electron chi connectivity index (χ4n) is 8.63. The van der Waals surface area contributed by atoms with Gasteiger partial charge in [0.2, 0.25) is 12.0 Å². The molecule has 3 fully saturated rings. The van der Waals surface area contributed by atoms with Crippen molar-refractivity contribution < 1.29 is 28.7 Å². The Morgan fingerprint density at radius 1 is 0.719 bits per heavy atom. The van der Waals surface area contributed by atoms with E-state index in [0.29, 0.717) is 24.5 Å². The summed E-state index contributed by atoms with van der Waals surface area (Å²) in [7, 11) is 1.34. The first kappa shape index (κ1) is 37.5. The van der Waals surface area contributed by atoms with Crippen molar-refractivity contribution in [1.29, 1.82) is 0 Å². The maximum absolute atomic E-state index is 13.7. The summed E-state index contributed by atoms with van der Waals surface area (Å²) in [5.74, 6) is 0.917. The van der Waals surface area contributed by atoms with Crippen LogP contribution < -0.4 is 11.1 Å². The number of amides is 4. The van der Waals surface area contributed by atoms with E-state index in [1.54, 1.807) is 35.4 Å². The SMILES string of the molecule is COC(=O)N[C@@H]1CCC[C@H]1C(=O)N1CCC[C@H]1c1ncc(-c2ccc(-c3ccc(-c4cnc([C@@H]5CCCN5C(=O)[C@H](OC(N)=O)c5ccccc5)[nH]4)cc3)cc2)[nH]1. The second-order valence-electron chi connectivity index (χ2n) is 14.9. The number of methoxy groups -OCH3 is 1. The summed E-state index contributed by atoms with van der Waals surface area (Å²) >= 11 is 0. The first-order valence-electron chi connectivity index (χ1n) is 19.5. The molecular formula is C43H46N8O6. The summed E-state index contributed by atoms with van der Waals surface area (Å²) in [6.07, 6.45) is 6.61. The van der Waals surface area contributed by atoms with E-state index in [1.807, 2.05) is 29.3 Å². The molecule has 5 atom stereocenters. The third kappa shape index (κ3) is 7.84. The van der Waals surface area contributed by atoms with E-state index in [-0.39, 0.29) is 35.9 Å². The number of nitrogens with one attached hydrogen (secondary N) is 3. The van der Waals surface area contributed by atoms with E-state index in [2.05, 4.69) is 56.7 Å². The van der Waals surface area contributed by atoms with Crippen molar-refractivity contribution in [3.05, 3.63) is 108 Å². The molecular weight excluding hydrogens is 725 g/mol. The van der Waals surface area contributed by atoms with Gasteiger partial charge in [-0.1, -0.05) is 85.3 Å². The summed E-state index contributed by atoms with van der Waals surface area (Å²) in [5.41, 5.74) is 11.7. The van der Waals surface area contributed by atoms with Crippen molar-refractivity contribution >= 4 is 24.0 Å². The highest BCUT2D eigenvalue weighted by Gasteiger charge is 2.41. The van der Waals surface area contributed by atoms with Gasteiger partial charge in [0.05, 0.1) is 48.9 Å². The molecule has 1 aliphatic carbocycles. The minimum absolute atomic E-state index is 0.0658. The monoisotopic (exact) mass is 770 g/mol. The Morgan fingerprint density at radius 2 is 1.26 bits per heavy atom. The number of hydrogen-bond acceptors (Lipinski definition) is 8. The standard InChI is InChI=1S/C43H46N8O6/c1-56-43(55)49-32-11-5-10-31(32)40(52)50-22-6-12-35(50)38-45-24-33(47-38)28-18-14-26(15-19-28)27-16-20-29(21-17-27)34-25-46-39(48-34)36-13-7-23-51(36)41(53)37(57-42(44)54)30-8-3-2-4-9-30/h2-4,8-9,14-21,24-25,31-32,35-37H,5-7,10-13,22-23H2,1H3,(H2,44,54)(H,45,47)(H,46,48)(H,49,55)/t31-,32-,35+,36+,37-/m1/s1. The van der Waals surface area contributed by atoms with Crippen molar-refractivity contribution in [1.82, 2.24) is 35.1 Å². The van der Waals surface area contributed by atoms with Crippen LogP contribution in [0.25, 0.3) is 33.6 Å². The Kier molecular flexibility index (Phi) is 10.7. The van der Waals surface area contributed by atoms with Crippen LogP contribution in [-0.4, -0.2) is 80.0 Å². The molecule has 294 valence electrons. The number of rotatable bonds is 10. The predicted octanol–water partition coefficient (Wildman–Crippen LogP) is 6.82. The molecule has 0 spiro atoms. The minimum atomic E-state index is -1.13. The normalized spacial score (nSPS) is 21.0. The van der Waals surface area contributed by atoms with Gasteiger partial charge in [-0.25, -0.2) is 19.6 Å². The third-order valence-electron chi connectivity index (χ3n) is 11.5. The van der Waals surface area contributed by atoms with Crippen molar-refractivity contribution in [2.45, 2.75) is 69.2 Å². The van der Waals surface area contributed by atoms with Gasteiger partial charge in [0, 0.05) is 24.7 Å². The fraction of sp³-hybridized carbons (Fsp3) is 0.349. The van der Waals surface area contributed by atoms with Gasteiger partial charge in [-0.3, -0.25) is 9.59 Å². The van der Waals surface area contributed by atoms with Crippen molar-refractivity contribution in [3.8, 4) is 33.6 Å². The molecule has 0 radical (unpaired) electrons. The molecule has 2 aliphatic heterocycles.